The summed E-state index contributed by atoms with van der Waals surface area (Å²) in [5.74, 6) is 0. The van der Waals surface area contributed by atoms with Crippen LogP contribution in [0.15, 0.2) is 24.7 Å². The van der Waals surface area contributed by atoms with E-state index in [1.807, 2.05) is 12.2 Å². The van der Waals surface area contributed by atoms with E-state index in [1.54, 1.807) is 26.7 Å². The fourth-order valence-electron chi connectivity index (χ4n) is 0.382. The predicted octanol–water partition coefficient (Wildman–Crippen LogP) is 1.70. The Morgan fingerprint density at radius 3 is 1.78 bits per heavy atom. The molecule has 0 bridgehead atoms. The van der Waals surface area contributed by atoms with Crippen molar-refractivity contribution in [1.82, 2.24) is 0 Å². The number of methoxy groups -OCH3 is 2. The van der Waals surface area contributed by atoms with Crippen molar-refractivity contribution in [3.63, 3.8) is 0 Å². The van der Waals surface area contributed by atoms with E-state index in [-0.39, 0.29) is 0 Å². The van der Waals surface area contributed by atoms with Crippen LogP contribution < -0.4 is 0 Å². The normalized spacial score (nSPS) is 10.9. The van der Waals surface area contributed by atoms with Crippen LogP contribution in [0, 0.1) is 0 Å². The van der Waals surface area contributed by atoms with Gasteiger partial charge in [0.1, 0.15) is 0 Å². The highest BCUT2D eigenvalue weighted by atomic mass is 16.5. The second-order valence-corrected chi connectivity index (χ2v) is 1.45. The van der Waals surface area contributed by atoms with Crippen molar-refractivity contribution in [2.24, 2.45) is 0 Å². The number of ether oxygens (including phenoxy) is 2. The maximum Gasteiger partial charge on any atom is 0.0787 e. The maximum atomic E-state index is 4.67. The van der Waals surface area contributed by atoms with Gasteiger partial charge in [-0.05, 0) is 18.6 Å². The van der Waals surface area contributed by atoms with Gasteiger partial charge in [-0.1, -0.05) is 0 Å². The Morgan fingerprint density at radius 1 is 1.00 bits per heavy atom. The monoisotopic (exact) mass is 128 g/mol. The lowest BCUT2D eigenvalue weighted by atomic mass is 10.4. The van der Waals surface area contributed by atoms with Crippen molar-refractivity contribution in [2.75, 3.05) is 14.2 Å². The third kappa shape index (κ3) is 7.08. The van der Waals surface area contributed by atoms with Gasteiger partial charge in [0.2, 0.25) is 0 Å². The molecule has 52 valence electrons. The summed E-state index contributed by atoms with van der Waals surface area (Å²) in [5.41, 5.74) is 0. The Hall–Kier alpha value is -0.920. The summed E-state index contributed by atoms with van der Waals surface area (Å²) in [6.07, 6.45) is 7.92. The van der Waals surface area contributed by atoms with Crippen LogP contribution in [0.25, 0.3) is 0 Å². The van der Waals surface area contributed by atoms with Gasteiger partial charge in [-0.2, -0.15) is 0 Å². The van der Waals surface area contributed by atoms with E-state index in [0.29, 0.717) is 0 Å². The lowest BCUT2D eigenvalue weighted by Gasteiger charge is -1.84. The Bertz CT molecular complexity index is 83.1. The van der Waals surface area contributed by atoms with Crippen LogP contribution in [0.4, 0.5) is 0 Å². The molecule has 0 aliphatic heterocycles. The molecular formula is C7H12O2. The Kier molecular flexibility index (Phi) is 6.36. The Balaban J connectivity index is 3.08. The van der Waals surface area contributed by atoms with E-state index < -0.39 is 0 Å². The first kappa shape index (κ1) is 8.08. The smallest absolute Gasteiger partial charge is 0.0787 e. The third-order valence-electron chi connectivity index (χ3n) is 0.737. The maximum absolute atomic E-state index is 4.67. The van der Waals surface area contributed by atoms with E-state index >= 15 is 0 Å². The molecule has 0 radical (unpaired) electrons. The van der Waals surface area contributed by atoms with Crippen LogP contribution in [0.5, 0.6) is 0 Å². The van der Waals surface area contributed by atoms with E-state index in [2.05, 4.69) is 9.47 Å². The highest BCUT2D eigenvalue weighted by Crippen LogP contribution is 1.85. The molecule has 0 unspecified atom stereocenters. The lowest BCUT2D eigenvalue weighted by Crippen LogP contribution is -1.66. The van der Waals surface area contributed by atoms with Gasteiger partial charge in [0, 0.05) is 0 Å². The zero-order valence-corrected chi connectivity index (χ0v) is 5.83. The summed E-state index contributed by atoms with van der Waals surface area (Å²) in [6.45, 7) is 0. The number of hydrogen-bond donors (Lipinski definition) is 0. The molecule has 0 heterocycles. The van der Waals surface area contributed by atoms with Crippen molar-refractivity contribution in [3.8, 4) is 0 Å². The molecule has 0 atom stereocenters. The average molecular weight is 128 g/mol. The van der Waals surface area contributed by atoms with Gasteiger partial charge in [-0.3, -0.25) is 0 Å². The summed E-state index contributed by atoms with van der Waals surface area (Å²) in [4.78, 5) is 0. The molecule has 0 rings (SSSR count). The van der Waals surface area contributed by atoms with Gasteiger partial charge in [-0.15, -0.1) is 0 Å². The minimum atomic E-state index is 0.849. The Labute approximate surface area is 55.8 Å². The molecule has 0 saturated heterocycles. The van der Waals surface area contributed by atoms with Gasteiger partial charge in [0.25, 0.3) is 0 Å². The molecule has 2 nitrogen and oxygen atoms in total. The molecule has 0 spiro atoms. The Morgan fingerprint density at radius 2 is 1.44 bits per heavy atom. The molecule has 0 aromatic rings. The first-order valence-electron chi connectivity index (χ1n) is 2.77. The molecule has 0 aliphatic carbocycles. The van der Waals surface area contributed by atoms with Crippen molar-refractivity contribution in [1.29, 1.82) is 0 Å². The molecule has 2 heteroatoms. The summed E-state index contributed by atoms with van der Waals surface area (Å²) >= 11 is 0. The molecule has 9 heavy (non-hydrogen) atoms. The lowest BCUT2D eigenvalue weighted by molar-refractivity contribution is 0.334. The predicted molar refractivity (Wildman–Crippen MR) is 36.9 cm³/mol. The molecule has 0 fully saturated rings. The molecule has 0 aromatic heterocycles. The first-order chi connectivity index (χ1) is 4.41. The fraction of sp³-hybridized carbons (Fsp3) is 0.429. The minimum absolute atomic E-state index is 0.849. The topological polar surface area (TPSA) is 18.5 Å². The summed E-state index contributed by atoms with van der Waals surface area (Å²) in [6, 6.07) is 0. The average Bonchev–Trinajstić information content (AvgIpc) is 1.89. The zero-order valence-electron chi connectivity index (χ0n) is 5.83. The van der Waals surface area contributed by atoms with E-state index in [9.17, 15) is 0 Å². The van der Waals surface area contributed by atoms with Gasteiger partial charge in [0.05, 0.1) is 26.7 Å². The van der Waals surface area contributed by atoms with Crippen LogP contribution in [0.3, 0.4) is 0 Å². The molecular weight excluding hydrogens is 116 g/mol. The molecule has 0 aromatic carbocycles. The first-order valence-corrected chi connectivity index (χ1v) is 2.77. The van der Waals surface area contributed by atoms with Crippen LogP contribution in [0.1, 0.15) is 6.42 Å². The highest BCUT2D eigenvalue weighted by molar-refractivity contribution is 4.85. The van der Waals surface area contributed by atoms with Crippen molar-refractivity contribution < 1.29 is 9.47 Å². The van der Waals surface area contributed by atoms with Crippen molar-refractivity contribution >= 4 is 0 Å². The van der Waals surface area contributed by atoms with Gasteiger partial charge >= 0.3 is 0 Å². The number of rotatable bonds is 4. The summed E-state index contributed by atoms with van der Waals surface area (Å²) in [7, 11) is 3.24. The van der Waals surface area contributed by atoms with Gasteiger partial charge in [0.15, 0.2) is 0 Å². The van der Waals surface area contributed by atoms with Crippen LogP contribution in [-0.4, -0.2) is 14.2 Å². The largest absolute Gasteiger partial charge is 0.505 e. The van der Waals surface area contributed by atoms with Crippen molar-refractivity contribution in [3.05, 3.63) is 24.7 Å². The second-order valence-electron chi connectivity index (χ2n) is 1.45. The van der Waals surface area contributed by atoms with E-state index in [1.165, 1.54) is 0 Å². The van der Waals surface area contributed by atoms with Gasteiger partial charge in [-0.25, -0.2) is 0 Å². The van der Waals surface area contributed by atoms with Gasteiger partial charge < -0.3 is 9.47 Å². The van der Waals surface area contributed by atoms with Crippen LogP contribution >= 0.6 is 0 Å². The summed E-state index contributed by atoms with van der Waals surface area (Å²) < 4.78 is 9.33. The zero-order chi connectivity index (χ0) is 6.95. The fourth-order valence-corrected chi connectivity index (χ4v) is 0.382. The van der Waals surface area contributed by atoms with E-state index in [4.69, 9.17) is 0 Å². The van der Waals surface area contributed by atoms with Crippen LogP contribution in [0.2, 0.25) is 0 Å². The molecule has 0 saturated carbocycles. The summed E-state index contributed by atoms with van der Waals surface area (Å²) in [5, 5.41) is 0. The highest BCUT2D eigenvalue weighted by Gasteiger charge is 1.68. The van der Waals surface area contributed by atoms with E-state index in [0.717, 1.165) is 6.42 Å². The third-order valence-corrected chi connectivity index (χ3v) is 0.737. The number of hydrogen-bond acceptors (Lipinski definition) is 2. The molecule has 0 N–H and O–H groups in total. The molecule has 0 amide bonds. The standard InChI is InChI=1S/C7H12O2/c1-8-6-4-3-5-7-9-2/h4-7H,3H2,1-2H3. The van der Waals surface area contributed by atoms with Crippen LogP contribution in [-0.2, 0) is 9.47 Å². The minimum Gasteiger partial charge on any atom is -0.505 e. The molecule has 0 aliphatic rings. The van der Waals surface area contributed by atoms with Crippen molar-refractivity contribution in [2.45, 2.75) is 6.42 Å². The second kappa shape index (κ2) is 7.08. The number of allylic oxidation sites excluding steroid dienone is 2. The quantitative estimate of drug-likeness (QED) is 0.536. The SMILES string of the molecule is COC=CCC=COC.